The monoisotopic (exact) mass is 378 g/mol. The van der Waals surface area contributed by atoms with Gasteiger partial charge in [0.15, 0.2) is 0 Å². The van der Waals surface area contributed by atoms with Crippen LogP contribution in [0, 0.1) is 0 Å². The first-order chi connectivity index (χ1) is 10.0. The summed E-state index contributed by atoms with van der Waals surface area (Å²) in [5.74, 6) is -1.18. The second kappa shape index (κ2) is 7.75. The molecule has 138 valence electrons. The molecule has 0 radical (unpaired) electrons. The largest absolute Gasteiger partial charge is 0.519 e. The summed E-state index contributed by atoms with van der Waals surface area (Å²) in [4.78, 5) is 11.0. The van der Waals surface area contributed by atoms with Crippen LogP contribution in [-0.2, 0) is 9.22 Å². The Labute approximate surface area is 127 Å². The van der Waals surface area contributed by atoms with Crippen LogP contribution in [0.25, 0.3) is 0 Å². The van der Waals surface area contributed by atoms with Crippen molar-refractivity contribution in [1.29, 1.82) is 0 Å². The summed E-state index contributed by atoms with van der Waals surface area (Å²) in [5, 5.41) is 0. The van der Waals surface area contributed by atoms with Gasteiger partial charge in [0.05, 0.1) is 0 Å². The van der Waals surface area contributed by atoms with E-state index < -0.39 is 70.2 Å². The highest BCUT2D eigenvalue weighted by molar-refractivity contribution is 6.75. The Bertz CT molecular complexity index is 341. The highest BCUT2D eigenvalue weighted by atomic mass is 28.4. The third-order valence-electron chi connectivity index (χ3n) is 2.95. The first-order valence-corrected chi connectivity index (χ1v) is 8.96. The molecule has 0 N–H and O–H groups in total. The van der Waals surface area contributed by atoms with Crippen LogP contribution in [0.2, 0.25) is 18.1 Å². The average molecular weight is 378 g/mol. The summed E-state index contributed by atoms with van der Waals surface area (Å²) in [7, 11) is -4.20. The Kier molecular flexibility index (Phi) is 7.43. The minimum Gasteiger partial charge on any atom is -0.519 e. The van der Waals surface area contributed by atoms with Crippen molar-refractivity contribution in [3.8, 4) is 0 Å². The van der Waals surface area contributed by atoms with Gasteiger partial charge in [-0.25, -0.2) is 0 Å². The zero-order valence-corrected chi connectivity index (χ0v) is 13.0. The standard InChI is InChI=1S/C11H15F9O2Si/c1-8(21)22-23(5-2-9(12,13)14,6-3-10(15,16)17)7-4-11(18,19)20/h2-7H2,1H3. The maximum atomic E-state index is 12.3. The number of hydrogen-bond acceptors (Lipinski definition) is 2. The van der Waals surface area contributed by atoms with E-state index in [-0.39, 0.29) is 0 Å². The molecule has 0 amide bonds. The van der Waals surface area contributed by atoms with E-state index in [1.807, 2.05) is 0 Å². The number of carbonyl (C=O) groups excluding carboxylic acids is 1. The van der Waals surface area contributed by atoms with Crippen molar-refractivity contribution in [1.82, 2.24) is 0 Å². The van der Waals surface area contributed by atoms with Crippen LogP contribution in [0.3, 0.4) is 0 Å². The highest BCUT2D eigenvalue weighted by Crippen LogP contribution is 2.38. The lowest BCUT2D eigenvalue weighted by Gasteiger charge is -2.31. The molecule has 12 heteroatoms. The minimum absolute atomic E-state index is 0.747. The Morgan fingerprint density at radius 2 is 1.00 bits per heavy atom. The topological polar surface area (TPSA) is 26.3 Å². The van der Waals surface area contributed by atoms with Crippen molar-refractivity contribution in [3.05, 3.63) is 0 Å². The van der Waals surface area contributed by atoms with Gasteiger partial charge in [-0.15, -0.1) is 0 Å². The normalized spacial score (nSPS) is 14.0. The molecule has 0 rings (SSSR count). The van der Waals surface area contributed by atoms with E-state index in [9.17, 15) is 44.3 Å². The zero-order chi connectivity index (χ0) is 18.5. The van der Waals surface area contributed by atoms with Crippen LogP contribution in [0.4, 0.5) is 39.5 Å². The molecule has 0 aromatic carbocycles. The number of hydrogen-bond donors (Lipinski definition) is 0. The van der Waals surface area contributed by atoms with E-state index >= 15 is 0 Å². The van der Waals surface area contributed by atoms with Gasteiger partial charge in [0.2, 0.25) is 0 Å². The molecule has 0 aromatic rings. The van der Waals surface area contributed by atoms with Gasteiger partial charge in [-0.2, -0.15) is 39.5 Å². The molecule has 0 aliphatic rings. The molecule has 0 aliphatic heterocycles. The summed E-state index contributed by atoms with van der Waals surface area (Å²) in [5.41, 5.74) is 0. The molecule has 0 atom stereocenters. The zero-order valence-electron chi connectivity index (χ0n) is 12.0. The highest BCUT2D eigenvalue weighted by Gasteiger charge is 2.46. The van der Waals surface area contributed by atoms with Gasteiger partial charge in [-0.1, -0.05) is 0 Å². The second-order valence-electron chi connectivity index (χ2n) is 5.12. The van der Waals surface area contributed by atoms with Gasteiger partial charge in [0, 0.05) is 26.2 Å². The molecule has 0 aliphatic carbocycles. The van der Waals surface area contributed by atoms with E-state index in [1.165, 1.54) is 0 Å². The maximum absolute atomic E-state index is 12.3. The molecule has 0 saturated carbocycles. The molecule has 0 bridgehead atoms. The van der Waals surface area contributed by atoms with Crippen LogP contribution in [0.5, 0.6) is 0 Å². The van der Waals surface area contributed by atoms with Crippen molar-refractivity contribution in [2.24, 2.45) is 0 Å². The molecule has 0 fully saturated rings. The van der Waals surface area contributed by atoms with E-state index in [2.05, 4.69) is 4.43 Å². The first kappa shape index (κ1) is 22.1. The summed E-state index contributed by atoms with van der Waals surface area (Å²) >= 11 is 0. The van der Waals surface area contributed by atoms with Crippen LogP contribution in [0.1, 0.15) is 26.2 Å². The maximum Gasteiger partial charge on any atom is 0.388 e. The number of carbonyl (C=O) groups is 1. The van der Waals surface area contributed by atoms with E-state index in [0.29, 0.717) is 0 Å². The Hall–Kier alpha value is -0.943. The first-order valence-electron chi connectivity index (χ1n) is 6.43. The van der Waals surface area contributed by atoms with Gasteiger partial charge in [0.1, 0.15) is 0 Å². The predicted octanol–water partition coefficient (Wildman–Crippen LogP) is 5.35. The van der Waals surface area contributed by atoms with Gasteiger partial charge < -0.3 is 4.43 Å². The molecular weight excluding hydrogens is 363 g/mol. The molecule has 0 heterocycles. The Morgan fingerprint density at radius 3 is 1.17 bits per heavy atom. The van der Waals surface area contributed by atoms with Crippen molar-refractivity contribution >= 4 is 14.3 Å². The molecule has 23 heavy (non-hydrogen) atoms. The number of alkyl halides is 9. The molecule has 0 unspecified atom stereocenters. The van der Waals surface area contributed by atoms with Crippen LogP contribution in [0.15, 0.2) is 0 Å². The second-order valence-corrected chi connectivity index (χ2v) is 9.19. The van der Waals surface area contributed by atoms with Crippen molar-refractivity contribution in [2.75, 3.05) is 0 Å². The number of halogens is 9. The van der Waals surface area contributed by atoms with Gasteiger partial charge in [0.25, 0.3) is 14.3 Å². The Morgan fingerprint density at radius 1 is 0.739 bits per heavy atom. The van der Waals surface area contributed by atoms with E-state index in [1.54, 1.807) is 0 Å². The van der Waals surface area contributed by atoms with Gasteiger partial charge in [-0.3, -0.25) is 4.79 Å². The molecule has 0 spiro atoms. The summed E-state index contributed by atoms with van der Waals surface area (Å²) < 4.78 is 115. The van der Waals surface area contributed by atoms with Crippen molar-refractivity contribution < 1.29 is 48.7 Å². The summed E-state index contributed by atoms with van der Waals surface area (Å²) in [6, 6.07) is -3.08. The SMILES string of the molecule is CC(=O)O[Si](CCC(F)(F)F)(CCC(F)(F)F)CCC(F)(F)F. The predicted molar refractivity (Wildman–Crippen MR) is 64.0 cm³/mol. The Balaban J connectivity index is 5.29. The smallest absolute Gasteiger partial charge is 0.388 e. The van der Waals surface area contributed by atoms with Crippen LogP contribution >= 0.6 is 0 Å². The minimum atomic E-state index is -4.77. The van der Waals surface area contributed by atoms with Crippen LogP contribution in [-0.4, -0.2) is 32.8 Å². The van der Waals surface area contributed by atoms with E-state index in [4.69, 9.17) is 0 Å². The molecule has 0 aromatic heterocycles. The lowest BCUT2D eigenvalue weighted by Crippen LogP contribution is -2.42. The molecular formula is C11H15F9O2Si. The lowest BCUT2D eigenvalue weighted by molar-refractivity contribution is -0.140. The third-order valence-corrected chi connectivity index (χ3v) is 7.16. The molecule has 2 nitrogen and oxygen atoms in total. The summed E-state index contributed by atoms with van der Waals surface area (Å²) in [6.07, 6.45) is -19.1. The van der Waals surface area contributed by atoms with Crippen molar-refractivity contribution in [3.63, 3.8) is 0 Å². The third kappa shape index (κ3) is 12.2. The van der Waals surface area contributed by atoms with Gasteiger partial charge >= 0.3 is 18.5 Å². The van der Waals surface area contributed by atoms with Gasteiger partial charge in [-0.05, 0) is 18.1 Å². The van der Waals surface area contributed by atoms with E-state index in [0.717, 1.165) is 6.92 Å². The fourth-order valence-corrected chi connectivity index (χ4v) is 5.82. The molecule has 0 saturated heterocycles. The quantitative estimate of drug-likeness (QED) is 0.441. The number of rotatable bonds is 7. The average Bonchev–Trinajstić information content (AvgIpc) is 2.27. The fraction of sp³-hybridized carbons (Fsp3) is 0.909. The van der Waals surface area contributed by atoms with Crippen LogP contribution < -0.4 is 0 Å². The van der Waals surface area contributed by atoms with Crippen molar-refractivity contribution in [2.45, 2.75) is 62.8 Å². The summed E-state index contributed by atoms with van der Waals surface area (Å²) in [6.45, 7) is 0.747. The fourth-order valence-electron chi connectivity index (χ4n) is 1.94. The lowest BCUT2D eigenvalue weighted by atomic mass is 10.5.